The molecule has 0 aliphatic carbocycles. The Hall–Kier alpha value is -1.15. The molecule has 12 heavy (non-hydrogen) atoms. The van der Waals surface area contributed by atoms with Crippen LogP contribution in [0.3, 0.4) is 0 Å². The third kappa shape index (κ3) is 2.84. The van der Waals surface area contributed by atoms with Gasteiger partial charge in [0.1, 0.15) is 0 Å². The monoisotopic (exact) mass is 162 g/mol. The molecule has 0 spiro atoms. The van der Waals surface area contributed by atoms with Crippen LogP contribution in [-0.2, 0) is 0 Å². The first-order chi connectivity index (χ1) is 5.83. The Balaban J connectivity index is 2.63. The Bertz CT molecular complexity index is 266. The Kier molecular flexibility index (Phi) is 3.48. The zero-order valence-electron chi connectivity index (χ0n) is 7.33. The summed E-state index contributed by atoms with van der Waals surface area (Å²) in [4.78, 5) is 4.18. The first-order valence-electron chi connectivity index (χ1n) is 4.12. The summed E-state index contributed by atoms with van der Waals surface area (Å²) in [5.74, 6) is 0. The summed E-state index contributed by atoms with van der Waals surface area (Å²) in [6.45, 7) is 2.75. The molecule has 0 atom stereocenters. The third-order valence-electron chi connectivity index (χ3n) is 1.56. The molecule has 0 aromatic carbocycles. The third-order valence-corrected chi connectivity index (χ3v) is 1.56. The molecule has 2 N–H and O–H groups in total. The van der Waals surface area contributed by atoms with Crippen LogP contribution in [0.25, 0.3) is 6.08 Å². The van der Waals surface area contributed by atoms with Crippen molar-refractivity contribution in [3.05, 3.63) is 35.7 Å². The molecule has 0 aliphatic rings. The minimum Gasteiger partial charge on any atom is -0.330 e. The average Bonchev–Trinajstić information content (AvgIpc) is 2.05. The lowest BCUT2D eigenvalue weighted by atomic mass is 10.2. The van der Waals surface area contributed by atoms with Crippen molar-refractivity contribution in [1.29, 1.82) is 0 Å². The Morgan fingerprint density at radius 3 is 3.08 bits per heavy atom. The number of hydrogen-bond donors (Lipinski definition) is 1. The van der Waals surface area contributed by atoms with Crippen molar-refractivity contribution < 1.29 is 0 Å². The Morgan fingerprint density at radius 1 is 1.58 bits per heavy atom. The molecule has 2 nitrogen and oxygen atoms in total. The van der Waals surface area contributed by atoms with Crippen molar-refractivity contribution in [3.63, 3.8) is 0 Å². The maximum atomic E-state index is 5.35. The van der Waals surface area contributed by atoms with E-state index in [0.29, 0.717) is 6.54 Å². The van der Waals surface area contributed by atoms with Crippen LogP contribution in [0.1, 0.15) is 17.7 Å². The number of hydrogen-bond acceptors (Lipinski definition) is 2. The molecule has 0 aliphatic heterocycles. The summed E-state index contributed by atoms with van der Waals surface area (Å²) in [5, 5.41) is 0. The minimum absolute atomic E-state index is 0.697. The fraction of sp³-hybridized carbons (Fsp3) is 0.300. The number of aromatic nitrogens is 1. The maximum Gasteiger partial charge on any atom is 0.0629 e. The van der Waals surface area contributed by atoms with Gasteiger partial charge in [-0.1, -0.05) is 6.08 Å². The van der Waals surface area contributed by atoms with Gasteiger partial charge in [0.25, 0.3) is 0 Å². The lowest BCUT2D eigenvalue weighted by Crippen LogP contribution is -1.95. The van der Waals surface area contributed by atoms with Gasteiger partial charge in [-0.15, -0.1) is 0 Å². The summed E-state index contributed by atoms with van der Waals surface area (Å²) in [5.41, 5.74) is 7.59. The van der Waals surface area contributed by atoms with E-state index < -0.39 is 0 Å². The smallest absolute Gasteiger partial charge is 0.0629 e. The number of aryl methyl sites for hydroxylation is 1. The van der Waals surface area contributed by atoms with Gasteiger partial charge in [-0.2, -0.15) is 0 Å². The molecule has 2 heteroatoms. The molecule has 1 heterocycles. The van der Waals surface area contributed by atoms with E-state index in [4.69, 9.17) is 5.73 Å². The van der Waals surface area contributed by atoms with Gasteiger partial charge in [-0.05, 0) is 43.7 Å². The van der Waals surface area contributed by atoms with E-state index in [-0.39, 0.29) is 0 Å². The van der Waals surface area contributed by atoms with Gasteiger partial charge >= 0.3 is 0 Å². The van der Waals surface area contributed by atoms with Crippen LogP contribution in [0.15, 0.2) is 24.4 Å². The molecule has 0 saturated heterocycles. The fourth-order valence-electron chi connectivity index (χ4n) is 0.951. The van der Waals surface area contributed by atoms with Crippen molar-refractivity contribution >= 4 is 6.08 Å². The number of rotatable bonds is 3. The highest BCUT2D eigenvalue weighted by Crippen LogP contribution is 2.01. The average molecular weight is 162 g/mol. The molecular formula is C10H14N2. The van der Waals surface area contributed by atoms with Crippen LogP contribution in [0.5, 0.6) is 0 Å². The van der Waals surface area contributed by atoms with Crippen LogP contribution in [-0.4, -0.2) is 11.5 Å². The van der Waals surface area contributed by atoms with Gasteiger partial charge in [0.2, 0.25) is 0 Å². The molecule has 0 saturated carbocycles. The molecule has 0 bridgehead atoms. The second-order valence-electron chi connectivity index (χ2n) is 2.74. The fourth-order valence-corrected chi connectivity index (χ4v) is 0.951. The van der Waals surface area contributed by atoms with Crippen molar-refractivity contribution in [2.45, 2.75) is 13.3 Å². The van der Waals surface area contributed by atoms with E-state index in [1.807, 2.05) is 30.5 Å². The predicted octanol–water partition coefficient (Wildman–Crippen LogP) is 1.75. The van der Waals surface area contributed by atoms with Crippen molar-refractivity contribution in [3.8, 4) is 0 Å². The summed E-state index contributed by atoms with van der Waals surface area (Å²) < 4.78 is 0. The highest BCUT2D eigenvalue weighted by atomic mass is 14.6. The number of nitrogens with zero attached hydrogens (tertiary/aromatic N) is 1. The van der Waals surface area contributed by atoms with E-state index in [2.05, 4.69) is 11.9 Å². The van der Waals surface area contributed by atoms with E-state index in [1.165, 1.54) is 5.56 Å². The van der Waals surface area contributed by atoms with Crippen LogP contribution < -0.4 is 5.73 Å². The van der Waals surface area contributed by atoms with Crippen LogP contribution in [0.4, 0.5) is 0 Å². The van der Waals surface area contributed by atoms with E-state index in [1.54, 1.807) is 0 Å². The first kappa shape index (κ1) is 8.94. The van der Waals surface area contributed by atoms with Crippen molar-refractivity contribution in [2.75, 3.05) is 6.54 Å². The molecular weight excluding hydrogens is 148 g/mol. The topological polar surface area (TPSA) is 38.9 Å². The molecule has 0 radical (unpaired) electrons. The number of nitrogens with two attached hydrogens (primary N) is 1. The highest BCUT2D eigenvalue weighted by Gasteiger charge is 1.87. The van der Waals surface area contributed by atoms with Crippen LogP contribution in [0, 0.1) is 6.92 Å². The normalized spacial score (nSPS) is 10.8. The highest BCUT2D eigenvalue weighted by molar-refractivity contribution is 5.45. The van der Waals surface area contributed by atoms with Gasteiger partial charge in [0.15, 0.2) is 0 Å². The van der Waals surface area contributed by atoms with E-state index in [9.17, 15) is 0 Å². The second-order valence-corrected chi connectivity index (χ2v) is 2.74. The Labute approximate surface area is 73.1 Å². The molecule has 1 rings (SSSR count). The van der Waals surface area contributed by atoms with Gasteiger partial charge < -0.3 is 5.73 Å². The molecule has 1 aromatic heterocycles. The van der Waals surface area contributed by atoms with Gasteiger partial charge in [0.05, 0.1) is 5.69 Å². The van der Waals surface area contributed by atoms with Crippen molar-refractivity contribution in [2.24, 2.45) is 5.73 Å². The first-order valence-corrected chi connectivity index (χ1v) is 4.12. The zero-order chi connectivity index (χ0) is 8.81. The minimum atomic E-state index is 0.697. The summed E-state index contributed by atoms with van der Waals surface area (Å²) in [7, 11) is 0. The lowest BCUT2D eigenvalue weighted by Gasteiger charge is -1.93. The summed E-state index contributed by atoms with van der Waals surface area (Å²) in [6.07, 6.45) is 6.77. The van der Waals surface area contributed by atoms with E-state index in [0.717, 1.165) is 12.1 Å². The molecule has 0 unspecified atom stereocenters. The van der Waals surface area contributed by atoms with Crippen LogP contribution in [0.2, 0.25) is 0 Å². The van der Waals surface area contributed by atoms with E-state index >= 15 is 0 Å². The molecule has 1 aromatic rings. The van der Waals surface area contributed by atoms with Crippen LogP contribution >= 0.6 is 0 Å². The number of pyridine rings is 1. The molecule has 0 fully saturated rings. The molecule has 0 amide bonds. The zero-order valence-corrected chi connectivity index (χ0v) is 7.33. The molecule has 64 valence electrons. The maximum absolute atomic E-state index is 5.35. The standard InChI is InChI=1S/C10H14N2/c1-9-5-7-12-10(8-9)4-2-3-6-11/h2,4-5,7-8H,3,6,11H2,1H3. The Morgan fingerprint density at radius 2 is 2.42 bits per heavy atom. The van der Waals surface area contributed by atoms with Gasteiger partial charge in [0, 0.05) is 6.20 Å². The SMILES string of the molecule is Cc1ccnc(C=CCCN)c1. The van der Waals surface area contributed by atoms with Gasteiger partial charge in [-0.3, -0.25) is 4.98 Å². The predicted molar refractivity (Wildman–Crippen MR) is 51.7 cm³/mol. The quantitative estimate of drug-likeness (QED) is 0.735. The summed E-state index contributed by atoms with van der Waals surface area (Å²) in [6, 6.07) is 4.04. The lowest BCUT2D eigenvalue weighted by molar-refractivity contribution is 1.01. The van der Waals surface area contributed by atoms with Gasteiger partial charge in [-0.25, -0.2) is 0 Å². The van der Waals surface area contributed by atoms with Crippen molar-refractivity contribution in [1.82, 2.24) is 4.98 Å². The summed E-state index contributed by atoms with van der Waals surface area (Å²) >= 11 is 0. The second kappa shape index (κ2) is 4.67. The largest absolute Gasteiger partial charge is 0.330 e.